The van der Waals surface area contributed by atoms with Crippen LogP contribution in [0.15, 0.2) is 6.07 Å². The molecule has 1 unspecified atom stereocenters. The van der Waals surface area contributed by atoms with Gasteiger partial charge in [-0.15, -0.1) is 0 Å². The maximum Gasteiger partial charge on any atom is 0.0630 e. The van der Waals surface area contributed by atoms with Crippen LogP contribution in [0.3, 0.4) is 0 Å². The zero-order valence-electron chi connectivity index (χ0n) is 14.0. The molecular formula is C16H31N3O. The first-order valence-corrected chi connectivity index (χ1v) is 7.82. The molecule has 0 fully saturated rings. The Hall–Kier alpha value is -0.870. The van der Waals surface area contributed by atoms with Crippen LogP contribution in [0.1, 0.15) is 52.9 Å². The van der Waals surface area contributed by atoms with Crippen LogP contribution in [0.4, 0.5) is 0 Å². The van der Waals surface area contributed by atoms with Gasteiger partial charge < -0.3 is 10.1 Å². The van der Waals surface area contributed by atoms with Gasteiger partial charge in [0.15, 0.2) is 0 Å². The molecule has 4 nitrogen and oxygen atoms in total. The molecule has 0 radical (unpaired) electrons. The highest BCUT2D eigenvalue weighted by molar-refractivity contribution is 5.12. The van der Waals surface area contributed by atoms with E-state index in [-0.39, 0.29) is 5.60 Å². The molecule has 0 aliphatic rings. The van der Waals surface area contributed by atoms with Gasteiger partial charge in [-0.3, -0.25) is 4.68 Å². The summed E-state index contributed by atoms with van der Waals surface area (Å²) in [6, 6.07) is 2.57. The molecular weight excluding hydrogens is 250 g/mol. The van der Waals surface area contributed by atoms with Crippen molar-refractivity contribution in [3.63, 3.8) is 0 Å². The van der Waals surface area contributed by atoms with E-state index in [0.717, 1.165) is 32.5 Å². The monoisotopic (exact) mass is 281 g/mol. The van der Waals surface area contributed by atoms with Crippen molar-refractivity contribution in [1.29, 1.82) is 0 Å². The smallest absolute Gasteiger partial charge is 0.0630 e. The number of nitrogens with zero attached hydrogens (tertiary/aromatic N) is 2. The fourth-order valence-electron chi connectivity index (χ4n) is 2.21. The van der Waals surface area contributed by atoms with E-state index in [4.69, 9.17) is 4.74 Å². The molecule has 0 aliphatic heterocycles. The van der Waals surface area contributed by atoms with E-state index in [9.17, 15) is 0 Å². The van der Waals surface area contributed by atoms with Crippen molar-refractivity contribution in [1.82, 2.24) is 15.1 Å². The van der Waals surface area contributed by atoms with Gasteiger partial charge in [-0.25, -0.2) is 0 Å². The van der Waals surface area contributed by atoms with Gasteiger partial charge in [0.2, 0.25) is 0 Å². The van der Waals surface area contributed by atoms with E-state index in [1.165, 1.54) is 11.4 Å². The van der Waals surface area contributed by atoms with Gasteiger partial charge in [-0.1, -0.05) is 13.8 Å². The normalized spacial score (nSPS) is 13.7. The standard InChI is InChI=1S/C16H31N3O/c1-7-13-10-15(19(9-3)18-13)11-14(17-8-2)12-20-16(4,5)6/h10,14,17H,7-9,11-12H2,1-6H3. The Morgan fingerprint density at radius 3 is 2.50 bits per heavy atom. The van der Waals surface area contributed by atoms with Crippen LogP contribution in [0.5, 0.6) is 0 Å². The van der Waals surface area contributed by atoms with Crippen molar-refractivity contribution in [3.8, 4) is 0 Å². The molecule has 0 aliphatic carbocycles. The highest BCUT2D eigenvalue weighted by Crippen LogP contribution is 2.12. The molecule has 0 spiro atoms. The fraction of sp³-hybridized carbons (Fsp3) is 0.812. The van der Waals surface area contributed by atoms with Gasteiger partial charge in [0.25, 0.3) is 0 Å². The van der Waals surface area contributed by atoms with Crippen LogP contribution in [0, 0.1) is 0 Å². The molecule has 1 N–H and O–H groups in total. The molecule has 20 heavy (non-hydrogen) atoms. The Bertz CT molecular complexity index is 393. The first-order chi connectivity index (χ1) is 9.39. The number of ether oxygens (including phenoxy) is 1. The summed E-state index contributed by atoms with van der Waals surface area (Å²) >= 11 is 0. The zero-order chi connectivity index (χ0) is 15.2. The van der Waals surface area contributed by atoms with Crippen LogP contribution < -0.4 is 5.32 Å². The highest BCUT2D eigenvalue weighted by Gasteiger charge is 2.17. The number of aromatic nitrogens is 2. The zero-order valence-corrected chi connectivity index (χ0v) is 14.0. The van der Waals surface area contributed by atoms with E-state index < -0.39 is 0 Å². The first-order valence-electron chi connectivity index (χ1n) is 7.82. The average Bonchev–Trinajstić information content (AvgIpc) is 2.77. The lowest BCUT2D eigenvalue weighted by molar-refractivity contribution is -0.0143. The highest BCUT2D eigenvalue weighted by atomic mass is 16.5. The third-order valence-electron chi connectivity index (χ3n) is 3.24. The van der Waals surface area contributed by atoms with Gasteiger partial charge in [0.05, 0.1) is 17.9 Å². The van der Waals surface area contributed by atoms with Gasteiger partial charge in [0.1, 0.15) is 0 Å². The van der Waals surface area contributed by atoms with Gasteiger partial charge >= 0.3 is 0 Å². The largest absolute Gasteiger partial charge is 0.374 e. The predicted molar refractivity (Wildman–Crippen MR) is 84.2 cm³/mol. The van der Waals surface area contributed by atoms with Crippen molar-refractivity contribution in [3.05, 3.63) is 17.5 Å². The topological polar surface area (TPSA) is 39.1 Å². The van der Waals surface area contributed by atoms with Crippen molar-refractivity contribution in [2.75, 3.05) is 13.2 Å². The number of hydrogen-bond acceptors (Lipinski definition) is 3. The van der Waals surface area contributed by atoms with Gasteiger partial charge in [-0.05, 0) is 46.7 Å². The predicted octanol–water partition coefficient (Wildman–Crippen LogP) is 2.80. The number of aryl methyl sites for hydroxylation is 2. The summed E-state index contributed by atoms with van der Waals surface area (Å²) in [6.07, 6.45) is 1.95. The first kappa shape index (κ1) is 17.2. The number of rotatable bonds is 8. The molecule has 0 bridgehead atoms. The van der Waals surface area contributed by atoms with Gasteiger partial charge in [0, 0.05) is 24.7 Å². The van der Waals surface area contributed by atoms with Crippen LogP contribution >= 0.6 is 0 Å². The molecule has 0 saturated carbocycles. The number of hydrogen-bond donors (Lipinski definition) is 1. The summed E-state index contributed by atoms with van der Waals surface area (Å²) in [5.41, 5.74) is 2.38. The lowest BCUT2D eigenvalue weighted by Crippen LogP contribution is -2.38. The van der Waals surface area contributed by atoms with E-state index in [0.29, 0.717) is 6.04 Å². The molecule has 116 valence electrons. The second kappa shape index (κ2) is 7.79. The van der Waals surface area contributed by atoms with Crippen molar-refractivity contribution < 1.29 is 4.74 Å². The molecule has 4 heteroatoms. The third kappa shape index (κ3) is 5.63. The van der Waals surface area contributed by atoms with Crippen LogP contribution in [0.2, 0.25) is 0 Å². The summed E-state index contributed by atoms with van der Waals surface area (Å²) in [5.74, 6) is 0. The molecule has 0 amide bonds. The summed E-state index contributed by atoms with van der Waals surface area (Å²) < 4.78 is 8.04. The van der Waals surface area contributed by atoms with Crippen molar-refractivity contribution in [2.24, 2.45) is 0 Å². The summed E-state index contributed by atoms with van der Waals surface area (Å²) in [4.78, 5) is 0. The summed E-state index contributed by atoms with van der Waals surface area (Å²) in [5, 5.41) is 8.13. The Morgan fingerprint density at radius 2 is 2.00 bits per heavy atom. The molecule has 1 aromatic rings. The van der Waals surface area contributed by atoms with Crippen molar-refractivity contribution in [2.45, 2.75) is 72.6 Å². The average molecular weight is 281 g/mol. The Balaban J connectivity index is 2.71. The summed E-state index contributed by atoms with van der Waals surface area (Å²) in [6.45, 7) is 15.3. The minimum Gasteiger partial charge on any atom is -0.374 e. The lowest BCUT2D eigenvalue weighted by atomic mass is 10.1. The molecule has 1 rings (SSSR count). The minimum atomic E-state index is -0.0900. The lowest BCUT2D eigenvalue weighted by Gasteiger charge is -2.25. The van der Waals surface area contributed by atoms with E-state index in [1.807, 2.05) is 0 Å². The van der Waals surface area contributed by atoms with E-state index in [1.54, 1.807) is 0 Å². The van der Waals surface area contributed by atoms with Crippen LogP contribution in [-0.2, 0) is 24.1 Å². The molecule has 1 aromatic heterocycles. The number of likely N-dealkylation sites (N-methyl/N-ethyl adjacent to an activating group) is 1. The Kier molecular flexibility index (Phi) is 6.69. The van der Waals surface area contributed by atoms with Crippen LogP contribution in [0.25, 0.3) is 0 Å². The molecule has 0 saturated heterocycles. The van der Waals surface area contributed by atoms with Crippen LogP contribution in [-0.4, -0.2) is 34.6 Å². The maximum absolute atomic E-state index is 5.93. The third-order valence-corrected chi connectivity index (χ3v) is 3.24. The Labute approximate surface area is 123 Å². The minimum absolute atomic E-state index is 0.0900. The number of nitrogens with one attached hydrogen (secondary N) is 1. The fourth-order valence-corrected chi connectivity index (χ4v) is 2.21. The maximum atomic E-state index is 5.93. The molecule has 1 atom stereocenters. The quantitative estimate of drug-likeness (QED) is 0.796. The molecule has 0 aromatic carbocycles. The van der Waals surface area contributed by atoms with E-state index >= 15 is 0 Å². The van der Waals surface area contributed by atoms with E-state index in [2.05, 4.69) is 62.7 Å². The molecule has 1 heterocycles. The van der Waals surface area contributed by atoms with Gasteiger partial charge in [-0.2, -0.15) is 5.10 Å². The second-order valence-electron chi connectivity index (χ2n) is 6.18. The summed E-state index contributed by atoms with van der Waals surface area (Å²) in [7, 11) is 0. The second-order valence-corrected chi connectivity index (χ2v) is 6.18. The Morgan fingerprint density at radius 1 is 1.30 bits per heavy atom. The SMILES string of the molecule is CCNC(COC(C)(C)C)Cc1cc(CC)nn1CC. The van der Waals surface area contributed by atoms with Crippen molar-refractivity contribution >= 4 is 0 Å².